The number of aliphatic carboxylic acids is 1. The molecule has 114 valence electrons. The Bertz CT molecular complexity index is 555. The van der Waals surface area contributed by atoms with Crippen molar-refractivity contribution in [3.63, 3.8) is 0 Å². The third kappa shape index (κ3) is 4.67. The lowest BCUT2D eigenvalue weighted by Gasteiger charge is -2.30. The molecule has 0 spiro atoms. The van der Waals surface area contributed by atoms with E-state index in [1.165, 1.54) is 0 Å². The minimum Gasteiger partial charge on any atom is -0.479 e. The number of halogens is 2. The summed E-state index contributed by atoms with van der Waals surface area (Å²) in [6.45, 7) is 1.10. The van der Waals surface area contributed by atoms with Crippen LogP contribution in [0.2, 0.25) is 5.02 Å². The molecule has 1 amide bonds. The second kappa shape index (κ2) is 7.22. The van der Waals surface area contributed by atoms with E-state index in [-0.39, 0.29) is 19.0 Å². The van der Waals surface area contributed by atoms with E-state index in [9.17, 15) is 9.59 Å². The van der Waals surface area contributed by atoms with Gasteiger partial charge in [0.25, 0.3) is 0 Å². The molecule has 21 heavy (non-hydrogen) atoms. The zero-order valence-corrected chi connectivity index (χ0v) is 13.4. The molecule has 1 aromatic carbocycles. The predicted molar refractivity (Wildman–Crippen MR) is 81.6 cm³/mol. The highest BCUT2D eigenvalue weighted by Crippen LogP contribution is 2.25. The Hall–Kier alpha value is -1.15. The number of hydrogen-bond acceptors (Lipinski definition) is 4. The van der Waals surface area contributed by atoms with Crippen LogP contribution < -0.4 is 5.32 Å². The number of hydrogen-bond donors (Lipinski definition) is 2. The molecule has 0 saturated carbocycles. The first-order chi connectivity index (χ1) is 9.95. The molecule has 0 aliphatic carbocycles. The third-order valence-electron chi connectivity index (χ3n) is 3.00. The Labute approximate surface area is 135 Å². The molecule has 6 nitrogen and oxygen atoms in total. The fourth-order valence-corrected chi connectivity index (χ4v) is 2.70. The van der Waals surface area contributed by atoms with E-state index in [4.69, 9.17) is 21.4 Å². The first-order valence-corrected chi connectivity index (χ1v) is 7.44. The quantitative estimate of drug-likeness (QED) is 0.837. The van der Waals surface area contributed by atoms with Gasteiger partial charge in [-0.15, -0.1) is 0 Å². The third-order valence-corrected chi connectivity index (χ3v) is 3.80. The van der Waals surface area contributed by atoms with E-state index in [2.05, 4.69) is 21.2 Å². The number of carbonyl (C=O) groups excluding carboxylic acids is 1. The van der Waals surface area contributed by atoms with Crippen LogP contribution in [0.5, 0.6) is 0 Å². The van der Waals surface area contributed by atoms with Gasteiger partial charge >= 0.3 is 5.97 Å². The number of anilines is 1. The second-order valence-electron chi connectivity index (χ2n) is 4.61. The van der Waals surface area contributed by atoms with Crippen molar-refractivity contribution in [2.24, 2.45) is 0 Å². The SMILES string of the molecule is O=C(CN1CCOC(C(=O)O)C1)Nc1ccc(Br)cc1Cl. The van der Waals surface area contributed by atoms with Crippen molar-refractivity contribution in [2.75, 3.05) is 31.6 Å². The van der Waals surface area contributed by atoms with E-state index >= 15 is 0 Å². The van der Waals surface area contributed by atoms with Crippen LogP contribution >= 0.6 is 27.5 Å². The van der Waals surface area contributed by atoms with Gasteiger partial charge in [-0.25, -0.2) is 4.79 Å². The lowest BCUT2D eigenvalue weighted by Crippen LogP contribution is -2.48. The van der Waals surface area contributed by atoms with E-state index in [1.807, 2.05) is 0 Å². The van der Waals surface area contributed by atoms with Gasteiger partial charge in [0.05, 0.1) is 23.9 Å². The van der Waals surface area contributed by atoms with Crippen molar-refractivity contribution in [1.82, 2.24) is 4.90 Å². The van der Waals surface area contributed by atoms with Gasteiger partial charge < -0.3 is 15.2 Å². The smallest absolute Gasteiger partial charge is 0.334 e. The van der Waals surface area contributed by atoms with Gasteiger partial charge in [-0.1, -0.05) is 27.5 Å². The summed E-state index contributed by atoms with van der Waals surface area (Å²) >= 11 is 9.31. The van der Waals surface area contributed by atoms with E-state index < -0.39 is 12.1 Å². The van der Waals surface area contributed by atoms with Crippen molar-refractivity contribution in [3.05, 3.63) is 27.7 Å². The summed E-state index contributed by atoms with van der Waals surface area (Å²) in [4.78, 5) is 24.6. The van der Waals surface area contributed by atoms with Gasteiger partial charge in [0.2, 0.25) is 5.91 Å². The molecule has 1 unspecified atom stereocenters. The van der Waals surface area contributed by atoms with Crippen molar-refractivity contribution in [1.29, 1.82) is 0 Å². The molecule has 1 aliphatic rings. The largest absolute Gasteiger partial charge is 0.479 e. The number of ether oxygens (including phenoxy) is 1. The summed E-state index contributed by atoms with van der Waals surface area (Å²) < 4.78 is 5.92. The molecule has 0 bridgehead atoms. The molecule has 0 radical (unpaired) electrons. The Morgan fingerprint density at radius 3 is 2.95 bits per heavy atom. The molecule has 8 heteroatoms. The fourth-order valence-electron chi connectivity index (χ4n) is 1.98. The summed E-state index contributed by atoms with van der Waals surface area (Å²) in [5, 5.41) is 12.1. The van der Waals surface area contributed by atoms with Crippen molar-refractivity contribution >= 4 is 45.1 Å². The molecule has 1 atom stereocenters. The standard InChI is InChI=1S/C13H14BrClN2O4/c14-8-1-2-10(9(15)5-8)16-12(18)7-17-3-4-21-11(6-17)13(19)20/h1-2,5,11H,3-4,6-7H2,(H,16,18)(H,19,20). The van der Waals surface area contributed by atoms with Crippen LogP contribution in [-0.4, -0.2) is 54.2 Å². The molecule has 0 aromatic heterocycles. The highest BCUT2D eigenvalue weighted by Gasteiger charge is 2.27. The minimum atomic E-state index is -1.02. The number of benzene rings is 1. The van der Waals surface area contributed by atoms with Crippen LogP contribution in [0.25, 0.3) is 0 Å². The molecule has 1 aromatic rings. The molecule has 2 rings (SSSR count). The summed E-state index contributed by atoms with van der Waals surface area (Å²) in [6.07, 6.45) is -0.886. The monoisotopic (exact) mass is 376 g/mol. The molecule has 2 N–H and O–H groups in total. The topological polar surface area (TPSA) is 78.9 Å². The molecular formula is C13H14BrClN2O4. The van der Waals surface area contributed by atoms with Crippen LogP contribution in [0, 0.1) is 0 Å². The average Bonchev–Trinajstić information content (AvgIpc) is 2.42. The maximum Gasteiger partial charge on any atom is 0.334 e. The summed E-state index contributed by atoms with van der Waals surface area (Å²) in [5.74, 6) is -1.26. The maximum atomic E-state index is 12.0. The normalized spacial score (nSPS) is 19.2. The molecular weight excluding hydrogens is 364 g/mol. The highest BCUT2D eigenvalue weighted by molar-refractivity contribution is 9.10. The van der Waals surface area contributed by atoms with E-state index in [1.54, 1.807) is 23.1 Å². The Kier molecular flexibility index (Phi) is 5.58. The molecule has 1 aliphatic heterocycles. The number of nitrogens with one attached hydrogen (secondary N) is 1. The van der Waals surface area contributed by atoms with Gasteiger partial charge in [0, 0.05) is 17.6 Å². The lowest BCUT2D eigenvalue weighted by molar-refractivity contribution is -0.156. The van der Waals surface area contributed by atoms with E-state index in [0.29, 0.717) is 23.9 Å². The fraction of sp³-hybridized carbons (Fsp3) is 0.385. The summed E-state index contributed by atoms with van der Waals surface area (Å²) in [5.41, 5.74) is 0.521. The maximum absolute atomic E-state index is 12.0. The number of rotatable bonds is 4. The molecule has 1 fully saturated rings. The van der Waals surface area contributed by atoms with Crippen molar-refractivity contribution in [3.8, 4) is 0 Å². The van der Waals surface area contributed by atoms with Crippen LogP contribution in [0.1, 0.15) is 0 Å². The zero-order valence-electron chi connectivity index (χ0n) is 11.0. The van der Waals surface area contributed by atoms with Crippen LogP contribution in [0.3, 0.4) is 0 Å². The number of morpholine rings is 1. The van der Waals surface area contributed by atoms with Crippen molar-refractivity contribution < 1.29 is 19.4 Å². The number of nitrogens with zero attached hydrogens (tertiary/aromatic N) is 1. The van der Waals surface area contributed by atoms with Crippen molar-refractivity contribution in [2.45, 2.75) is 6.10 Å². The van der Waals surface area contributed by atoms with Gasteiger partial charge in [-0.05, 0) is 18.2 Å². The van der Waals surface area contributed by atoms with Crippen LogP contribution in [-0.2, 0) is 14.3 Å². The van der Waals surface area contributed by atoms with Gasteiger partial charge in [-0.2, -0.15) is 0 Å². The highest BCUT2D eigenvalue weighted by atomic mass is 79.9. The molecule has 1 saturated heterocycles. The van der Waals surface area contributed by atoms with Crippen LogP contribution in [0.4, 0.5) is 5.69 Å². The molecule has 1 heterocycles. The first-order valence-electron chi connectivity index (χ1n) is 6.27. The summed E-state index contributed by atoms with van der Waals surface area (Å²) in [6, 6.07) is 5.16. The number of carboxylic acids is 1. The van der Waals surface area contributed by atoms with E-state index in [0.717, 1.165) is 4.47 Å². The Morgan fingerprint density at radius 2 is 2.29 bits per heavy atom. The first kappa shape index (κ1) is 16.2. The van der Waals surface area contributed by atoms with Crippen LogP contribution in [0.15, 0.2) is 22.7 Å². The van der Waals surface area contributed by atoms with Gasteiger partial charge in [-0.3, -0.25) is 9.69 Å². The number of amides is 1. The Morgan fingerprint density at radius 1 is 1.52 bits per heavy atom. The number of carboxylic acid groups (broad SMARTS) is 1. The summed E-state index contributed by atoms with van der Waals surface area (Å²) in [7, 11) is 0. The lowest BCUT2D eigenvalue weighted by atomic mass is 10.2. The predicted octanol–water partition coefficient (Wildman–Crippen LogP) is 1.83. The zero-order chi connectivity index (χ0) is 15.4. The Balaban J connectivity index is 1.91. The van der Waals surface area contributed by atoms with Gasteiger partial charge in [0.15, 0.2) is 6.10 Å². The minimum absolute atomic E-state index is 0.0968. The number of carbonyl (C=O) groups is 2. The average molecular weight is 378 g/mol. The van der Waals surface area contributed by atoms with Gasteiger partial charge in [0.1, 0.15) is 0 Å². The second-order valence-corrected chi connectivity index (χ2v) is 5.93.